The fraction of sp³-hybridized carbons (Fsp3) is 0.286. The summed E-state index contributed by atoms with van der Waals surface area (Å²) in [5.74, 6) is -0.586. The molecule has 146 valence electrons. The van der Waals surface area contributed by atoms with Gasteiger partial charge < -0.3 is 10.6 Å². The van der Waals surface area contributed by atoms with E-state index >= 15 is 0 Å². The maximum absolute atomic E-state index is 12.6. The van der Waals surface area contributed by atoms with Crippen molar-refractivity contribution >= 4 is 29.4 Å². The molecule has 1 atom stereocenters. The number of hydrogen-bond acceptors (Lipinski definition) is 3. The van der Waals surface area contributed by atoms with Gasteiger partial charge >= 0.3 is 6.03 Å². The Bertz CT molecular complexity index is 882. The van der Waals surface area contributed by atoms with Gasteiger partial charge in [-0.25, -0.2) is 4.79 Å². The Morgan fingerprint density at radius 1 is 1.07 bits per heavy atom. The smallest absolute Gasteiger partial charge is 0.325 e. The first-order valence-corrected chi connectivity index (χ1v) is 9.39. The third-order valence-corrected chi connectivity index (χ3v) is 4.90. The van der Waals surface area contributed by atoms with E-state index in [-0.39, 0.29) is 30.8 Å². The van der Waals surface area contributed by atoms with Gasteiger partial charge in [-0.1, -0.05) is 54.1 Å². The molecule has 2 aromatic carbocycles. The second-order valence-electron chi connectivity index (χ2n) is 7.22. The summed E-state index contributed by atoms with van der Waals surface area (Å²) in [6.07, 6.45) is 0.0200. The molecule has 0 unspecified atom stereocenters. The van der Waals surface area contributed by atoms with Crippen molar-refractivity contribution in [1.82, 2.24) is 15.5 Å². The molecule has 2 aromatic rings. The summed E-state index contributed by atoms with van der Waals surface area (Å²) in [7, 11) is 0. The quantitative estimate of drug-likeness (QED) is 0.732. The molecule has 28 heavy (non-hydrogen) atoms. The molecule has 2 N–H and O–H groups in total. The summed E-state index contributed by atoms with van der Waals surface area (Å²) in [5.41, 5.74) is 0.873. The number of nitrogens with one attached hydrogen (secondary N) is 2. The van der Waals surface area contributed by atoms with Gasteiger partial charge in [0.25, 0.3) is 5.91 Å². The van der Waals surface area contributed by atoms with E-state index < -0.39 is 11.6 Å². The van der Waals surface area contributed by atoms with Crippen LogP contribution in [0.15, 0.2) is 54.6 Å². The standard InChI is InChI=1S/C21H22ClN3O3/c1-21(2)19(27)25(20(28)24-21)13-12-17(26)23-18(14-6-4-3-5-7-14)15-8-10-16(22)11-9-15/h3-11,18H,12-13H2,1-2H3,(H,23,26)(H,24,28)/t18-/m1/s1. The molecule has 4 amide bonds. The van der Waals surface area contributed by atoms with E-state index in [9.17, 15) is 14.4 Å². The van der Waals surface area contributed by atoms with Crippen LogP contribution in [0.3, 0.4) is 0 Å². The number of benzene rings is 2. The average molecular weight is 400 g/mol. The lowest BCUT2D eigenvalue weighted by atomic mass is 9.98. The Morgan fingerprint density at radius 2 is 1.68 bits per heavy atom. The van der Waals surface area contributed by atoms with Gasteiger partial charge in [-0.3, -0.25) is 14.5 Å². The van der Waals surface area contributed by atoms with Crippen LogP contribution in [0.5, 0.6) is 0 Å². The minimum atomic E-state index is -0.941. The van der Waals surface area contributed by atoms with Crippen LogP contribution in [-0.4, -0.2) is 34.8 Å². The molecule has 0 spiro atoms. The van der Waals surface area contributed by atoms with Gasteiger partial charge in [0, 0.05) is 18.0 Å². The molecule has 0 aliphatic carbocycles. The number of amides is 4. The number of nitrogens with zero attached hydrogens (tertiary/aromatic N) is 1. The van der Waals surface area contributed by atoms with Crippen LogP contribution in [-0.2, 0) is 9.59 Å². The maximum atomic E-state index is 12.6. The second kappa shape index (κ2) is 8.02. The molecule has 0 bridgehead atoms. The van der Waals surface area contributed by atoms with Crippen molar-refractivity contribution < 1.29 is 14.4 Å². The van der Waals surface area contributed by atoms with Gasteiger partial charge in [-0.05, 0) is 37.1 Å². The molecule has 0 saturated carbocycles. The summed E-state index contributed by atoms with van der Waals surface area (Å²) in [5, 5.41) is 6.21. The van der Waals surface area contributed by atoms with Crippen molar-refractivity contribution in [1.29, 1.82) is 0 Å². The molecular formula is C21H22ClN3O3. The minimum Gasteiger partial charge on any atom is -0.345 e. The van der Waals surface area contributed by atoms with Gasteiger partial charge in [0.15, 0.2) is 0 Å². The highest BCUT2D eigenvalue weighted by Crippen LogP contribution is 2.24. The molecular weight excluding hydrogens is 378 g/mol. The van der Waals surface area contributed by atoms with Gasteiger partial charge in [0.2, 0.25) is 5.91 Å². The number of rotatable bonds is 6. The lowest BCUT2D eigenvalue weighted by molar-refractivity contribution is -0.130. The van der Waals surface area contributed by atoms with Gasteiger partial charge in [0.1, 0.15) is 5.54 Å². The number of urea groups is 1. The monoisotopic (exact) mass is 399 g/mol. The van der Waals surface area contributed by atoms with E-state index in [1.807, 2.05) is 42.5 Å². The first-order chi connectivity index (χ1) is 13.3. The number of halogens is 1. The third-order valence-electron chi connectivity index (χ3n) is 4.65. The summed E-state index contributed by atoms with van der Waals surface area (Å²) in [6, 6.07) is 16.0. The second-order valence-corrected chi connectivity index (χ2v) is 7.66. The average Bonchev–Trinajstić information content (AvgIpc) is 2.86. The van der Waals surface area contributed by atoms with Crippen molar-refractivity contribution in [2.45, 2.75) is 31.8 Å². The molecule has 1 heterocycles. The van der Waals surface area contributed by atoms with E-state index in [4.69, 9.17) is 11.6 Å². The number of hydrogen-bond donors (Lipinski definition) is 2. The Morgan fingerprint density at radius 3 is 2.25 bits per heavy atom. The summed E-state index contributed by atoms with van der Waals surface area (Å²) in [6.45, 7) is 3.31. The zero-order chi connectivity index (χ0) is 20.3. The van der Waals surface area contributed by atoms with Crippen LogP contribution in [0.4, 0.5) is 4.79 Å². The number of imide groups is 1. The first kappa shape index (κ1) is 19.9. The van der Waals surface area contributed by atoms with Crippen molar-refractivity contribution in [2.24, 2.45) is 0 Å². The third kappa shape index (κ3) is 4.34. The van der Waals surface area contributed by atoms with Crippen LogP contribution in [0.25, 0.3) is 0 Å². The minimum absolute atomic E-state index is 0.0200. The zero-order valence-electron chi connectivity index (χ0n) is 15.7. The highest BCUT2D eigenvalue weighted by atomic mass is 35.5. The highest BCUT2D eigenvalue weighted by molar-refractivity contribution is 6.30. The van der Waals surface area contributed by atoms with Crippen molar-refractivity contribution in [2.75, 3.05) is 6.54 Å². The van der Waals surface area contributed by atoms with Gasteiger partial charge in [-0.2, -0.15) is 0 Å². The van der Waals surface area contributed by atoms with Gasteiger partial charge in [-0.15, -0.1) is 0 Å². The van der Waals surface area contributed by atoms with Crippen molar-refractivity contribution in [3.05, 3.63) is 70.7 Å². The molecule has 7 heteroatoms. The Balaban J connectivity index is 1.71. The van der Waals surface area contributed by atoms with E-state index in [0.717, 1.165) is 16.0 Å². The zero-order valence-corrected chi connectivity index (χ0v) is 16.5. The lowest BCUT2D eigenvalue weighted by Crippen LogP contribution is -2.41. The predicted octanol–water partition coefficient (Wildman–Crippen LogP) is 3.27. The largest absolute Gasteiger partial charge is 0.345 e. The van der Waals surface area contributed by atoms with E-state index in [0.29, 0.717) is 5.02 Å². The lowest BCUT2D eigenvalue weighted by Gasteiger charge is -2.21. The first-order valence-electron chi connectivity index (χ1n) is 9.02. The normalized spacial score (nSPS) is 16.6. The van der Waals surface area contributed by atoms with Crippen LogP contribution in [0.1, 0.15) is 37.4 Å². The van der Waals surface area contributed by atoms with Crippen LogP contribution >= 0.6 is 11.6 Å². The molecule has 6 nitrogen and oxygen atoms in total. The van der Waals surface area contributed by atoms with E-state index in [1.165, 1.54) is 0 Å². The highest BCUT2D eigenvalue weighted by Gasteiger charge is 2.44. The Hall–Kier alpha value is -2.86. The summed E-state index contributed by atoms with van der Waals surface area (Å²) < 4.78 is 0. The topological polar surface area (TPSA) is 78.5 Å². The molecule has 1 aliphatic rings. The van der Waals surface area contributed by atoms with E-state index in [2.05, 4.69) is 10.6 Å². The predicted molar refractivity (Wildman–Crippen MR) is 107 cm³/mol. The SMILES string of the molecule is CC1(C)NC(=O)N(CCC(=O)N[C@H](c2ccccc2)c2ccc(Cl)cc2)C1=O. The molecule has 0 aromatic heterocycles. The summed E-state index contributed by atoms with van der Waals surface area (Å²) in [4.78, 5) is 37.9. The number of carbonyl (C=O) groups excluding carboxylic acids is 3. The van der Waals surface area contributed by atoms with Crippen LogP contribution in [0.2, 0.25) is 5.02 Å². The molecule has 1 fully saturated rings. The molecule has 1 aliphatic heterocycles. The molecule has 3 rings (SSSR count). The maximum Gasteiger partial charge on any atom is 0.325 e. The number of carbonyl (C=O) groups is 3. The van der Waals surface area contributed by atoms with Gasteiger partial charge in [0.05, 0.1) is 6.04 Å². The fourth-order valence-corrected chi connectivity index (χ4v) is 3.25. The molecule has 0 radical (unpaired) electrons. The van der Waals surface area contributed by atoms with E-state index in [1.54, 1.807) is 26.0 Å². The Kier molecular flexibility index (Phi) is 5.70. The van der Waals surface area contributed by atoms with Crippen molar-refractivity contribution in [3.63, 3.8) is 0 Å². The van der Waals surface area contributed by atoms with Crippen molar-refractivity contribution in [3.8, 4) is 0 Å². The summed E-state index contributed by atoms with van der Waals surface area (Å²) >= 11 is 5.98. The van der Waals surface area contributed by atoms with Crippen LogP contribution < -0.4 is 10.6 Å². The van der Waals surface area contributed by atoms with Crippen LogP contribution in [0, 0.1) is 0 Å². The molecule has 1 saturated heterocycles. The fourth-order valence-electron chi connectivity index (χ4n) is 3.13. The Labute approximate surface area is 168 Å².